The van der Waals surface area contributed by atoms with Crippen molar-refractivity contribution in [3.05, 3.63) is 36.5 Å². The summed E-state index contributed by atoms with van der Waals surface area (Å²) in [6.45, 7) is 12.3. The van der Waals surface area contributed by atoms with E-state index in [0.29, 0.717) is 0 Å². The van der Waals surface area contributed by atoms with Crippen LogP contribution in [0.2, 0.25) is 0 Å². The lowest BCUT2D eigenvalue weighted by molar-refractivity contribution is 0.578. The summed E-state index contributed by atoms with van der Waals surface area (Å²) in [5.74, 6) is 0. The van der Waals surface area contributed by atoms with Crippen molar-refractivity contribution in [1.82, 2.24) is 0 Å². The molecule has 0 spiro atoms. The van der Waals surface area contributed by atoms with E-state index >= 15 is 0 Å². The molecule has 0 aromatic heterocycles. The van der Waals surface area contributed by atoms with E-state index in [1.807, 2.05) is 12.2 Å². The maximum atomic E-state index is 3.64. The maximum absolute atomic E-state index is 3.64. The van der Waals surface area contributed by atoms with Crippen molar-refractivity contribution in [2.75, 3.05) is 0 Å². The van der Waals surface area contributed by atoms with Crippen LogP contribution in [0.25, 0.3) is 0 Å². The van der Waals surface area contributed by atoms with Crippen LogP contribution in [0.1, 0.15) is 27.7 Å². The number of allylic oxidation sites excluding steroid dienone is 5. The summed E-state index contributed by atoms with van der Waals surface area (Å²) in [6, 6.07) is 0. The molecule has 0 saturated heterocycles. The summed E-state index contributed by atoms with van der Waals surface area (Å²) in [4.78, 5) is 0. The van der Waals surface area contributed by atoms with Gasteiger partial charge in [0, 0.05) is 5.41 Å². The van der Waals surface area contributed by atoms with Gasteiger partial charge in [-0.25, -0.2) is 0 Å². The first-order valence-corrected chi connectivity index (χ1v) is 3.98. The van der Waals surface area contributed by atoms with Crippen molar-refractivity contribution >= 4 is 0 Å². The van der Waals surface area contributed by atoms with Gasteiger partial charge in [0.15, 0.2) is 0 Å². The number of hydrogen-bond acceptors (Lipinski definition) is 0. The second kappa shape index (κ2) is 4.17. The lowest BCUT2D eigenvalue weighted by atomic mass is 9.85. The molecule has 0 heterocycles. The molecule has 0 amide bonds. The molecule has 0 nitrogen and oxygen atoms in total. The van der Waals surface area contributed by atoms with Crippen LogP contribution in [-0.2, 0) is 0 Å². The quantitative estimate of drug-likeness (QED) is 0.425. The van der Waals surface area contributed by atoms with E-state index in [2.05, 4.69) is 46.4 Å². The Balaban J connectivity index is 4.45. The Bertz CT molecular complexity index is 180. The van der Waals surface area contributed by atoms with Crippen LogP contribution in [-0.4, -0.2) is 0 Å². The fraction of sp³-hybridized carbons (Fsp3) is 0.455. The average Bonchev–Trinajstić information content (AvgIpc) is 1.99. The minimum Gasteiger partial charge on any atom is -0.0991 e. The Morgan fingerprint density at radius 2 is 1.91 bits per heavy atom. The van der Waals surface area contributed by atoms with Crippen LogP contribution >= 0.6 is 0 Å². The molecule has 62 valence electrons. The van der Waals surface area contributed by atoms with E-state index in [-0.39, 0.29) is 5.41 Å². The lowest BCUT2D eigenvalue weighted by Crippen LogP contribution is -2.08. The summed E-state index contributed by atoms with van der Waals surface area (Å²) in [5, 5.41) is 0. The van der Waals surface area contributed by atoms with Crippen LogP contribution in [0.4, 0.5) is 0 Å². The molecule has 11 heavy (non-hydrogen) atoms. The van der Waals surface area contributed by atoms with E-state index < -0.39 is 0 Å². The highest BCUT2D eigenvalue weighted by atomic mass is 14.2. The maximum Gasteiger partial charge on any atom is 0.00344 e. The summed E-state index contributed by atoms with van der Waals surface area (Å²) in [7, 11) is 0. The zero-order chi connectivity index (χ0) is 8.91. The highest BCUT2D eigenvalue weighted by molar-refractivity contribution is 5.18. The van der Waals surface area contributed by atoms with Gasteiger partial charge >= 0.3 is 0 Å². The standard InChI is InChI=1S/C11H18/c1-6-8-9-11(4,5)10(3)7-2/h6-9H,1H2,2-5H3. The van der Waals surface area contributed by atoms with Gasteiger partial charge in [-0.1, -0.05) is 50.3 Å². The highest BCUT2D eigenvalue weighted by Crippen LogP contribution is 2.26. The topological polar surface area (TPSA) is 0 Å². The Labute approximate surface area is 70.3 Å². The Hall–Kier alpha value is -0.780. The van der Waals surface area contributed by atoms with Gasteiger partial charge in [0.1, 0.15) is 0 Å². The summed E-state index contributed by atoms with van der Waals surface area (Å²) >= 11 is 0. The zero-order valence-corrected chi connectivity index (χ0v) is 8.02. The minimum atomic E-state index is 0.170. The van der Waals surface area contributed by atoms with Gasteiger partial charge in [0.05, 0.1) is 0 Å². The second-order valence-corrected chi connectivity index (χ2v) is 3.29. The molecule has 0 unspecified atom stereocenters. The summed E-state index contributed by atoms with van der Waals surface area (Å²) < 4.78 is 0. The van der Waals surface area contributed by atoms with Gasteiger partial charge in [-0.05, 0) is 13.8 Å². The number of hydrogen-bond donors (Lipinski definition) is 0. The first-order chi connectivity index (χ1) is 5.04. The normalized spacial score (nSPS) is 14.0. The molecule has 0 rings (SSSR count). The van der Waals surface area contributed by atoms with Gasteiger partial charge < -0.3 is 0 Å². The summed E-state index contributed by atoms with van der Waals surface area (Å²) in [6.07, 6.45) is 8.11. The second-order valence-electron chi connectivity index (χ2n) is 3.29. The molecule has 0 aliphatic heterocycles. The monoisotopic (exact) mass is 150 g/mol. The van der Waals surface area contributed by atoms with Crippen molar-refractivity contribution in [2.24, 2.45) is 5.41 Å². The molecule has 0 radical (unpaired) electrons. The molecule has 0 fully saturated rings. The van der Waals surface area contributed by atoms with E-state index in [1.165, 1.54) is 5.57 Å². The van der Waals surface area contributed by atoms with Gasteiger partial charge in [0.2, 0.25) is 0 Å². The average molecular weight is 150 g/mol. The summed E-state index contributed by atoms with van der Waals surface area (Å²) in [5.41, 5.74) is 1.55. The molecule has 0 atom stereocenters. The van der Waals surface area contributed by atoms with Crippen LogP contribution in [0.5, 0.6) is 0 Å². The largest absolute Gasteiger partial charge is 0.0991 e. The van der Waals surface area contributed by atoms with Crippen LogP contribution in [0.3, 0.4) is 0 Å². The lowest BCUT2D eigenvalue weighted by Gasteiger charge is -2.20. The van der Waals surface area contributed by atoms with Crippen molar-refractivity contribution in [3.8, 4) is 0 Å². The van der Waals surface area contributed by atoms with Gasteiger partial charge in [-0.2, -0.15) is 0 Å². The van der Waals surface area contributed by atoms with E-state index in [1.54, 1.807) is 0 Å². The molecule has 0 aliphatic rings. The molecule has 0 aromatic rings. The van der Waals surface area contributed by atoms with Crippen molar-refractivity contribution in [3.63, 3.8) is 0 Å². The SMILES string of the molecule is C=CC=CC(C)(C)C(C)=CC. The predicted octanol–water partition coefficient (Wildman–Crippen LogP) is 3.72. The van der Waals surface area contributed by atoms with Crippen molar-refractivity contribution in [1.29, 1.82) is 0 Å². The van der Waals surface area contributed by atoms with E-state index in [4.69, 9.17) is 0 Å². The Morgan fingerprint density at radius 1 is 1.36 bits per heavy atom. The third kappa shape index (κ3) is 3.22. The van der Waals surface area contributed by atoms with Gasteiger partial charge in [-0.3, -0.25) is 0 Å². The Kier molecular flexibility index (Phi) is 3.88. The van der Waals surface area contributed by atoms with Crippen molar-refractivity contribution < 1.29 is 0 Å². The predicted molar refractivity (Wildman–Crippen MR) is 52.5 cm³/mol. The number of rotatable bonds is 3. The molecule has 0 saturated carbocycles. The molecular weight excluding hydrogens is 132 g/mol. The van der Waals surface area contributed by atoms with Gasteiger partial charge in [0.25, 0.3) is 0 Å². The van der Waals surface area contributed by atoms with Crippen LogP contribution < -0.4 is 0 Å². The van der Waals surface area contributed by atoms with E-state index in [9.17, 15) is 0 Å². The van der Waals surface area contributed by atoms with E-state index in [0.717, 1.165) is 0 Å². The first kappa shape index (κ1) is 10.2. The third-order valence-electron chi connectivity index (χ3n) is 2.10. The zero-order valence-electron chi connectivity index (χ0n) is 8.02. The van der Waals surface area contributed by atoms with Crippen LogP contribution in [0, 0.1) is 5.41 Å². The Morgan fingerprint density at radius 3 is 2.27 bits per heavy atom. The smallest absolute Gasteiger partial charge is 0.00344 e. The fourth-order valence-corrected chi connectivity index (χ4v) is 0.812. The highest BCUT2D eigenvalue weighted by Gasteiger charge is 2.13. The van der Waals surface area contributed by atoms with Gasteiger partial charge in [-0.15, -0.1) is 0 Å². The fourth-order valence-electron chi connectivity index (χ4n) is 0.812. The first-order valence-electron chi connectivity index (χ1n) is 3.98. The van der Waals surface area contributed by atoms with Crippen LogP contribution in [0.15, 0.2) is 36.5 Å². The molecule has 0 aromatic carbocycles. The molecule has 0 aliphatic carbocycles. The minimum absolute atomic E-state index is 0.170. The molecule has 0 N–H and O–H groups in total. The molecular formula is C11H18. The van der Waals surface area contributed by atoms with Crippen molar-refractivity contribution in [2.45, 2.75) is 27.7 Å². The third-order valence-corrected chi connectivity index (χ3v) is 2.10. The molecule has 0 heteroatoms. The molecule has 0 bridgehead atoms.